The zero-order chi connectivity index (χ0) is 20.0. The molecule has 1 heterocycles. The highest BCUT2D eigenvalue weighted by Crippen LogP contribution is 2.34. The normalized spacial score (nSPS) is 14.8. The van der Waals surface area contributed by atoms with E-state index in [0.717, 1.165) is 0 Å². The van der Waals surface area contributed by atoms with E-state index >= 15 is 0 Å². The van der Waals surface area contributed by atoms with Crippen LogP contribution in [0, 0.1) is 0 Å². The summed E-state index contributed by atoms with van der Waals surface area (Å²) < 4.78 is 52.6. The van der Waals surface area contributed by atoms with E-state index in [0.29, 0.717) is 19.1 Å². The lowest BCUT2D eigenvalue weighted by Gasteiger charge is -2.25. The molecule has 0 N–H and O–H groups in total. The Bertz CT molecular complexity index is 1140. The smallest absolute Gasteiger partial charge is 0.266 e. The van der Waals surface area contributed by atoms with Crippen LogP contribution in [-0.4, -0.2) is 45.7 Å². The summed E-state index contributed by atoms with van der Waals surface area (Å²) in [6, 6.07) is 6.97. The number of hydrogen-bond donors (Lipinski definition) is 0. The highest BCUT2D eigenvalue weighted by atomic mass is 32.2. The van der Waals surface area contributed by atoms with Crippen molar-refractivity contribution < 1.29 is 30.7 Å². The van der Waals surface area contributed by atoms with Crippen LogP contribution in [0.1, 0.15) is 40.5 Å². The van der Waals surface area contributed by atoms with E-state index in [4.69, 9.17) is 0 Å². The minimum Gasteiger partial charge on any atom is -0.266 e. The molecule has 0 aliphatic carbocycles. The van der Waals surface area contributed by atoms with Crippen LogP contribution in [0.4, 0.5) is 0 Å². The van der Waals surface area contributed by atoms with Crippen LogP contribution >= 0.6 is 0 Å². The number of benzene rings is 2. The number of hydrogen-bond acceptors (Lipinski definition) is 7. The van der Waals surface area contributed by atoms with Gasteiger partial charge in [0.2, 0.25) is 0 Å². The van der Waals surface area contributed by atoms with Crippen LogP contribution in [0.25, 0.3) is 10.8 Å². The van der Waals surface area contributed by atoms with Crippen molar-refractivity contribution in [3.63, 3.8) is 0 Å². The van der Waals surface area contributed by atoms with Gasteiger partial charge in [0.1, 0.15) is 0 Å². The summed E-state index contributed by atoms with van der Waals surface area (Å²) in [5, 5.41) is 0.609. The maximum absolute atomic E-state index is 12.7. The minimum atomic E-state index is -4.11. The van der Waals surface area contributed by atoms with Gasteiger partial charge in [0.25, 0.3) is 21.9 Å². The fourth-order valence-corrected chi connectivity index (χ4v) is 5.04. The standard InChI is InChI=1S/C17H17NO7S2/c1-3-4-10-27(23,24)14-9-8-13-15-11(14)6-5-7-12(15)16(19)18(17(13)20)25-26(2,21)22/h5-9H,3-4,10H2,1-2H3. The van der Waals surface area contributed by atoms with E-state index in [9.17, 15) is 26.4 Å². The number of unbranched alkanes of at least 4 members (excludes halogenated alkanes) is 1. The van der Waals surface area contributed by atoms with Gasteiger partial charge in [0.15, 0.2) is 9.84 Å². The van der Waals surface area contributed by atoms with Gasteiger partial charge in [-0.05, 0) is 24.6 Å². The molecule has 0 radical (unpaired) electrons. The van der Waals surface area contributed by atoms with Crippen molar-refractivity contribution in [2.45, 2.75) is 24.7 Å². The van der Waals surface area contributed by atoms with E-state index in [2.05, 4.69) is 4.28 Å². The molecule has 0 aromatic heterocycles. The molecule has 2 amide bonds. The predicted octanol–water partition coefficient (Wildman–Crippen LogP) is 1.90. The molecule has 0 saturated heterocycles. The third kappa shape index (κ3) is 3.47. The number of rotatable bonds is 6. The van der Waals surface area contributed by atoms with Gasteiger partial charge in [-0.1, -0.05) is 25.5 Å². The van der Waals surface area contributed by atoms with Crippen molar-refractivity contribution in [3.05, 3.63) is 41.5 Å². The molecule has 1 aliphatic heterocycles. The summed E-state index contributed by atoms with van der Waals surface area (Å²) in [4.78, 5) is 25.2. The molecule has 0 unspecified atom stereocenters. The molecule has 144 valence electrons. The summed E-state index contributed by atoms with van der Waals surface area (Å²) in [6.07, 6.45) is 1.90. The van der Waals surface area contributed by atoms with E-state index in [1.165, 1.54) is 30.3 Å². The SMILES string of the molecule is CCCCS(=O)(=O)c1ccc2c3c(cccc13)C(=O)N(OS(C)(=O)=O)C2=O. The number of carbonyl (C=O) groups is 2. The predicted molar refractivity (Wildman–Crippen MR) is 97.3 cm³/mol. The first-order valence-corrected chi connectivity index (χ1v) is 11.6. The van der Waals surface area contributed by atoms with E-state index in [1.54, 1.807) is 0 Å². The lowest BCUT2D eigenvalue weighted by molar-refractivity contribution is -0.0149. The number of amides is 2. The minimum absolute atomic E-state index is 0.00158. The van der Waals surface area contributed by atoms with Gasteiger partial charge in [0.05, 0.1) is 28.0 Å². The van der Waals surface area contributed by atoms with Crippen molar-refractivity contribution >= 4 is 42.5 Å². The highest BCUT2D eigenvalue weighted by molar-refractivity contribution is 7.91. The first kappa shape index (κ1) is 19.5. The third-order valence-corrected chi connectivity index (χ3v) is 6.41. The summed E-state index contributed by atoms with van der Waals surface area (Å²) in [5.41, 5.74) is -0.00316. The number of sulfone groups is 1. The van der Waals surface area contributed by atoms with Crippen molar-refractivity contribution in [1.29, 1.82) is 0 Å². The zero-order valence-electron chi connectivity index (χ0n) is 14.6. The zero-order valence-corrected chi connectivity index (χ0v) is 16.3. The Morgan fingerprint density at radius 1 is 0.963 bits per heavy atom. The van der Waals surface area contributed by atoms with Crippen LogP contribution < -0.4 is 0 Å². The first-order valence-electron chi connectivity index (χ1n) is 8.13. The second-order valence-electron chi connectivity index (χ2n) is 6.20. The molecule has 0 spiro atoms. The lowest BCUT2D eigenvalue weighted by Crippen LogP contribution is -2.41. The topological polar surface area (TPSA) is 115 Å². The lowest BCUT2D eigenvalue weighted by atomic mass is 9.95. The average molecular weight is 411 g/mol. The van der Waals surface area contributed by atoms with Gasteiger partial charge in [-0.25, -0.2) is 8.42 Å². The summed E-state index contributed by atoms with van der Waals surface area (Å²) >= 11 is 0. The van der Waals surface area contributed by atoms with Crippen molar-refractivity contribution in [3.8, 4) is 0 Å². The largest absolute Gasteiger partial charge is 0.286 e. The Balaban J connectivity index is 2.24. The molecule has 0 saturated carbocycles. The van der Waals surface area contributed by atoms with Crippen LogP contribution in [0.5, 0.6) is 0 Å². The molecule has 2 aromatic rings. The van der Waals surface area contributed by atoms with Gasteiger partial charge in [-0.3, -0.25) is 9.59 Å². The number of carbonyl (C=O) groups excluding carboxylic acids is 2. The van der Waals surface area contributed by atoms with Crippen molar-refractivity contribution in [2.24, 2.45) is 0 Å². The fraction of sp³-hybridized carbons (Fsp3) is 0.294. The molecule has 10 heteroatoms. The van der Waals surface area contributed by atoms with E-state index < -0.39 is 31.8 Å². The second kappa shape index (κ2) is 6.70. The van der Waals surface area contributed by atoms with Gasteiger partial charge in [-0.15, -0.1) is 9.35 Å². The fourth-order valence-electron chi connectivity index (χ4n) is 2.97. The van der Waals surface area contributed by atoms with Crippen LogP contribution in [0.2, 0.25) is 0 Å². The maximum Gasteiger partial charge on any atom is 0.286 e. The number of hydroxylamine groups is 2. The van der Waals surface area contributed by atoms with E-state index in [1.807, 2.05) is 6.92 Å². The highest BCUT2D eigenvalue weighted by Gasteiger charge is 2.37. The average Bonchev–Trinajstić information content (AvgIpc) is 2.60. The molecular weight excluding hydrogens is 394 g/mol. The molecule has 0 bridgehead atoms. The molecule has 27 heavy (non-hydrogen) atoms. The number of nitrogens with zero attached hydrogens (tertiary/aromatic N) is 1. The Morgan fingerprint density at radius 2 is 1.59 bits per heavy atom. The van der Waals surface area contributed by atoms with Gasteiger partial charge >= 0.3 is 0 Å². The Hall–Kier alpha value is -2.30. The third-order valence-electron chi connectivity index (χ3n) is 4.14. The quantitative estimate of drug-likeness (QED) is 0.667. The van der Waals surface area contributed by atoms with Crippen molar-refractivity contribution in [2.75, 3.05) is 12.0 Å². The van der Waals surface area contributed by atoms with Crippen LogP contribution in [0.3, 0.4) is 0 Å². The molecule has 8 nitrogen and oxygen atoms in total. The van der Waals surface area contributed by atoms with E-state index in [-0.39, 0.29) is 37.6 Å². The van der Waals surface area contributed by atoms with Gasteiger partial charge in [-0.2, -0.15) is 8.42 Å². The first-order chi connectivity index (χ1) is 12.6. The molecule has 1 aliphatic rings. The molecule has 2 aromatic carbocycles. The molecule has 3 rings (SSSR count). The second-order valence-corrected chi connectivity index (χ2v) is 9.83. The Kier molecular flexibility index (Phi) is 4.83. The molecule has 0 atom stereocenters. The Labute approximate surface area is 156 Å². The van der Waals surface area contributed by atoms with Crippen molar-refractivity contribution in [1.82, 2.24) is 5.06 Å². The maximum atomic E-state index is 12.7. The summed E-state index contributed by atoms with van der Waals surface area (Å²) in [5.74, 6) is -1.98. The summed E-state index contributed by atoms with van der Waals surface area (Å²) in [7, 11) is -7.72. The molecular formula is C17H17NO7S2. The Morgan fingerprint density at radius 3 is 2.19 bits per heavy atom. The van der Waals surface area contributed by atoms with Gasteiger partial charge < -0.3 is 0 Å². The van der Waals surface area contributed by atoms with Crippen LogP contribution in [0.15, 0.2) is 35.2 Å². The monoisotopic (exact) mass is 411 g/mol. The summed E-state index contributed by atoms with van der Waals surface area (Å²) in [6.45, 7) is 1.88. The number of imide groups is 1. The van der Waals surface area contributed by atoms with Gasteiger partial charge in [0, 0.05) is 10.8 Å². The van der Waals surface area contributed by atoms with Crippen LogP contribution in [-0.2, 0) is 24.2 Å². The molecule has 0 fully saturated rings.